The number of piperidine rings is 1. The molecule has 2 heterocycles. The van der Waals surface area contributed by atoms with Gasteiger partial charge in [-0.2, -0.15) is 0 Å². The Balaban J connectivity index is 1.37. The van der Waals surface area contributed by atoms with E-state index in [-0.39, 0.29) is 5.92 Å². The second-order valence-electron chi connectivity index (χ2n) is 9.32. The minimum absolute atomic E-state index is 0.267. The lowest BCUT2D eigenvalue weighted by atomic mass is 9.84. The molecule has 2 aliphatic heterocycles. The summed E-state index contributed by atoms with van der Waals surface area (Å²) in [7, 11) is 1.96. The molecule has 0 spiro atoms. The third-order valence-electron chi connectivity index (χ3n) is 7.29. The normalized spacial score (nSPS) is 26.9. The van der Waals surface area contributed by atoms with Crippen LogP contribution in [0.25, 0.3) is 0 Å². The van der Waals surface area contributed by atoms with Gasteiger partial charge in [0.1, 0.15) is 0 Å². The topological polar surface area (TPSA) is 53.1 Å². The molecule has 0 aromatic rings. The van der Waals surface area contributed by atoms with Crippen molar-refractivity contribution in [2.24, 2.45) is 11.8 Å². The van der Waals surface area contributed by atoms with Crippen molar-refractivity contribution in [2.75, 3.05) is 46.4 Å². The largest absolute Gasteiger partial charge is 0.381 e. The quantitative estimate of drug-likeness (QED) is 0.667. The van der Waals surface area contributed by atoms with Crippen LogP contribution in [0.5, 0.6) is 0 Å². The third-order valence-corrected chi connectivity index (χ3v) is 7.29. The second kappa shape index (κ2) is 9.12. The molecule has 0 bridgehead atoms. The molecule has 6 nitrogen and oxygen atoms in total. The van der Waals surface area contributed by atoms with Crippen molar-refractivity contribution in [2.45, 2.75) is 69.9 Å². The summed E-state index contributed by atoms with van der Waals surface area (Å²) in [6.45, 7) is 5.15. The second-order valence-corrected chi connectivity index (χ2v) is 9.32. The summed E-state index contributed by atoms with van der Waals surface area (Å²) in [6.07, 6.45) is 9.87. The average Bonchev–Trinajstić information content (AvgIpc) is 3.52. The molecule has 0 aromatic carbocycles. The lowest BCUT2D eigenvalue weighted by Gasteiger charge is -2.45. The highest BCUT2D eigenvalue weighted by Crippen LogP contribution is 2.33. The molecule has 0 aromatic heterocycles. The summed E-state index contributed by atoms with van der Waals surface area (Å²) < 4.78 is 5.60. The maximum atomic E-state index is 12.6. The fourth-order valence-corrected chi connectivity index (χ4v) is 5.04. The summed E-state index contributed by atoms with van der Waals surface area (Å²) in [6, 6.07) is 0.939. The number of nitrogens with zero attached hydrogens (tertiary/aromatic N) is 3. The smallest absolute Gasteiger partial charge is 0.225 e. The number of hydrogen-bond acceptors (Lipinski definition) is 4. The maximum absolute atomic E-state index is 12.6. The SMILES string of the molecule is CN(CCN(C1CCOCC1)C1CCCN(C(=O)C2CC2)C1)C(=O)C1CCC1. The molecule has 6 heteroatoms. The van der Waals surface area contributed by atoms with Crippen LogP contribution in [-0.4, -0.2) is 85.0 Å². The molecule has 2 amide bonds. The number of carbonyl (C=O) groups excluding carboxylic acids is 2. The predicted octanol–water partition coefficient (Wildman–Crippen LogP) is 2.13. The van der Waals surface area contributed by atoms with Crippen LogP contribution in [0.15, 0.2) is 0 Å². The average molecular weight is 392 g/mol. The van der Waals surface area contributed by atoms with Gasteiger partial charge in [-0.15, -0.1) is 0 Å². The van der Waals surface area contributed by atoms with Gasteiger partial charge in [0, 0.05) is 70.4 Å². The Labute approximate surface area is 169 Å². The molecule has 4 fully saturated rings. The minimum atomic E-state index is 0.267. The number of hydrogen-bond donors (Lipinski definition) is 0. The molecule has 2 aliphatic carbocycles. The first kappa shape index (κ1) is 20.1. The summed E-state index contributed by atoms with van der Waals surface area (Å²) in [5.41, 5.74) is 0. The molecule has 1 atom stereocenters. The Bertz CT molecular complexity index is 555. The van der Waals surface area contributed by atoms with Crippen LogP contribution in [0.4, 0.5) is 0 Å². The van der Waals surface area contributed by atoms with Crippen LogP contribution in [0, 0.1) is 11.8 Å². The van der Waals surface area contributed by atoms with Crippen molar-refractivity contribution in [1.82, 2.24) is 14.7 Å². The molecule has 2 saturated heterocycles. The van der Waals surface area contributed by atoms with Gasteiger partial charge in [-0.1, -0.05) is 6.42 Å². The van der Waals surface area contributed by atoms with Gasteiger partial charge in [0.15, 0.2) is 0 Å². The number of rotatable bonds is 7. The van der Waals surface area contributed by atoms with E-state index in [0.29, 0.717) is 29.8 Å². The Hall–Kier alpha value is -1.14. The monoisotopic (exact) mass is 391 g/mol. The molecule has 1 unspecified atom stereocenters. The lowest BCUT2D eigenvalue weighted by Crippen LogP contribution is -2.56. The van der Waals surface area contributed by atoms with E-state index in [1.807, 2.05) is 11.9 Å². The van der Waals surface area contributed by atoms with Crippen LogP contribution in [-0.2, 0) is 14.3 Å². The van der Waals surface area contributed by atoms with Gasteiger partial charge in [0.05, 0.1) is 0 Å². The van der Waals surface area contributed by atoms with E-state index < -0.39 is 0 Å². The highest BCUT2D eigenvalue weighted by Gasteiger charge is 2.38. The predicted molar refractivity (Wildman–Crippen MR) is 108 cm³/mol. The first-order chi connectivity index (χ1) is 13.6. The van der Waals surface area contributed by atoms with E-state index in [0.717, 1.165) is 90.8 Å². The van der Waals surface area contributed by atoms with Crippen LogP contribution in [0.2, 0.25) is 0 Å². The van der Waals surface area contributed by atoms with E-state index in [1.54, 1.807) is 0 Å². The maximum Gasteiger partial charge on any atom is 0.225 e. The van der Waals surface area contributed by atoms with Crippen LogP contribution >= 0.6 is 0 Å². The fourth-order valence-electron chi connectivity index (χ4n) is 5.04. The van der Waals surface area contributed by atoms with Gasteiger partial charge in [0.25, 0.3) is 0 Å². The van der Waals surface area contributed by atoms with Crippen molar-refractivity contribution >= 4 is 11.8 Å². The molecular formula is C22H37N3O3. The molecule has 0 N–H and O–H groups in total. The van der Waals surface area contributed by atoms with E-state index in [1.165, 1.54) is 6.42 Å². The van der Waals surface area contributed by atoms with E-state index in [4.69, 9.17) is 4.74 Å². The number of ether oxygens (including phenoxy) is 1. The Kier molecular flexibility index (Phi) is 6.56. The van der Waals surface area contributed by atoms with Crippen molar-refractivity contribution in [1.29, 1.82) is 0 Å². The summed E-state index contributed by atoms with van der Waals surface area (Å²) >= 11 is 0. The molecule has 4 rings (SSSR count). The van der Waals surface area contributed by atoms with Crippen LogP contribution in [0.3, 0.4) is 0 Å². The van der Waals surface area contributed by atoms with Crippen molar-refractivity contribution < 1.29 is 14.3 Å². The van der Waals surface area contributed by atoms with Crippen LogP contribution in [0.1, 0.15) is 57.8 Å². The van der Waals surface area contributed by atoms with Gasteiger partial charge < -0.3 is 14.5 Å². The molecule has 28 heavy (non-hydrogen) atoms. The van der Waals surface area contributed by atoms with Gasteiger partial charge in [-0.3, -0.25) is 14.5 Å². The zero-order valence-corrected chi connectivity index (χ0v) is 17.5. The fraction of sp³-hybridized carbons (Fsp3) is 0.909. The number of amides is 2. The third kappa shape index (κ3) is 4.70. The van der Waals surface area contributed by atoms with Crippen LogP contribution < -0.4 is 0 Å². The lowest BCUT2D eigenvalue weighted by molar-refractivity contribution is -0.137. The molecule has 2 saturated carbocycles. The first-order valence-corrected chi connectivity index (χ1v) is 11.5. The number of likely N-dealkylation sites (tertiary alicyclic amines) is 1. The van der Waals surface area contributed by atoms with Gasteiger partial charge in [0.2, 0.25) is 11.8 Å². The molecule has 4 aliphatic rings. The summed E-state index contributed by atoms with van der Waals surface area (Å²) in [4.78, 5) is 31.9. The van der Waals surface area contributed by atoms with Gasteiger partial charge in [-0.25, -0.2) is 0 Å². The Morgan fingerprint density at radius 2 is 1.64 bits per heavy atom. The minimum Gasteiger partial charge on any atom is -0.381 e. The van der Waals surface area contributed by atoms with Crippen molar-refractivity contribution in [3.05, 3.63) is 0 Å². The van der Waals surface area contributed by atoms with Crippen molar-refractivity contribution in [3.63, 3.8) is 0 Å². The zero-order chi connectivity index (χ0) is 19.5. The highest BCUT2D eigenvalue weighted by molar-refractivity contribution is 5.81. The Morgan fingerprint density at radius 3 is 2.29 bits per heavy atom. The van der Waals surface area contributed by atoms with Gasteiger partial charge in [-0.05, 0) is 51.4 Å². The number of likely N-dealkylation sites (N-methyl/N-ethyl adjacent to an activating group) is 1. The Morgan fingerprint density at radius 1 is 0.893 bits per heavy atom. The summed E-state index contributed by atoms with van der Waals surface area (Å²) in [5.74, 6) is 1.28. The van der Waals surface area contributed by atoms with Gasteiger partial charge >= 0.3 is 0 Å². The zero-order valence-electron chi connectivity index (χ0n) is 17.5. The molecule has 158 valence electrons. The van der Waals surface area contributed by atoms with E-state index >= 15 is 0 Å². The number of carbonyl (C=O) groups is 2. The molecular weight excluding hydrogens is 354 g/mol. The van der Waals surface area contributed by atoms with Crippen molar-refractivity contribution in [3.8, 4) is 0 Å². The van der Waals surface area contributed by atoms with E-state index in [9.17, 15) is 9.59 Å². The molecule has 0 radical (unpaired) electrons. The van der Waals surface area contributed by atoms with E-state index in [2.05, 4.69) is 9.80 Å². The summed E-state index contributed by atoms with van der Waals surface area (Å²) in [5, 5.41) is 0. The standard InChI is InChI=1S/C22H37N3O3/c1-23(21(26)17-4-2-5-17)12-13-25(19-9-14-28-15-10-19)20-6-3-11-24(16-20)22(27)18-7-8-18/h17-20H,2-16H2,1H3. The first-order valence-electron chi connectivity index (χ1n) is 11.5. The highest BCUT2D eigenvalue weighted by atomic mass is 16.5.